The summed E-state index contributed by atoms with van der Waals surface area (Å²) in [6, 6.07) is 6.55. The van der Waals surface area contributed by atoms with Crippen molar-refractivity contribution in [2.75, 3.05) is 23.8 Å². The van der Waals surface area contributed by atoms with Crippen LogP contribution in [-0.2, 0) is 4.74 Å². The smallest absolute Gasteiger partial charge is 0.131 e. The molecule has 0 aromatic carbocycles. The second-order valence-corrected chi connectivity index (χ2v) is 5.73. The lowest BCUT2D eigenvalue weighted by atomic mass is 10.1. The number of pyridine rings is 1. The highest BCUT2D eigenvalue weighted by Gasteiger charge is 2.15. The summed E-state index contributed by atoms with van der Waals surface area (Å²) in [4.78, 5) is 12.7. The highest BCUT2D eigenvalue weighted by Crippen LogP contribution is 2.22. The normalized spacial score (nSPS) is 19.1. The Kier molecular flexibility index (Phi) is 5.37. The lowest BCUT2D eigenvalue weighted by Crippen LogP contribution is -2.30. The van der Waals surface area contributed by atoms with Crippen molar-refractivity contribution in [1.82, 2.24) is 15.0 Å². The molecule has 122 valence electrons. The van der Waals surface area contributed by atoms with Gasteiger partial charge in [-0.25, -0.2) is 9.97 Å². The Balaban J connectivity index is 1.66. The highest BCUT2D eigenvalue weighted by atomic mass is 16.5. The molecule has 1 aliphatic rings. The molecule has 2 N–H and O–H groups in total. The molecule has 6 heteroatoms. The second-order valence-electron chi connectivity index (χ2n) is 5.73. The van der Waals surface area contributed by atoms with Crippen LogP contribution in [0.15, 0.2) is 36.9 Å². The van der Waals surface area contributed by atoms with Gasteiger partial charge in [0.25, 0.3) is 0 Å². The van der Waals surface area contributed by atoms with Crippen molar-refractivity contribution in [3.8, 4) is 0 Å². The van der Waals surface area contributed by atoms with Gasteiger partial charge in [0, 0.05) is 25.1 Å². The van der Waals surface area contributed by atoms with Gasteiger partial charge in [-0.1, -0.05) is 6.92 Å². The van der Waals surface area contributed by atoms with Crippen molar-refractivity contribution < 1.29 is 4.74 Å². The first-order valence-electron chi connectivity index (χ1n) is 8.18. The maximum atomic E-state index is 5.50. The molecule has 0 bridgehead atoms. The Morgan fingerprint density at radius 3 is 2.83 bits per heavy atom. The number of nitrogens with one attached hydrogen (secondary N) is 2. The first-order valence-corrected chi connectivity index (χ1v) is 8.18. The van der Waals surface area contributed by atoms with E-state index in [1.165, 1.54) is 5.56 Å². The maximum absolute atomic E-state index is 5.50. The van der Waals surface area contributed by atoms with Gasteiger partial charge >= 0.3 is 0 Å². The minimum atomic E-state index is 0.207. The number of nitrogens with zero attached hydrogens (tertiary/aromatic N) is 3. The van der Waals surface area contributed by atoms with E-state index in [1.54, 1.807) is 6.33 Å². The Bertz CT molecular complexity index is 601. The van der Waals surface area contributed by atoms with E-state index in [1.807, 2.05) is 30.6 Å². The molecule has 0 amide bonds. The molecule has 6 nitrogen and oxygen atoms in total. The summed E-state index contributed by atoms with van der Waals surface area (Å²) >= 11 is 0. The molecule has 3 heterocycles. The average Bonchev–Trinajstić information content (AvgIpc) is 2.62. The Morgan fingerprint density at radius 1 is 1.26 bits per heavy atom. The molecule has 0 saturated carbocycles. The van der Waals surface area contributed by atoms with Gasteiger partial charge < -0.3 is 15.4 Å². The largest absolute Gasteiger partial charge is 0.379 e. The molecule has 2 aromatic heterocycles. The van der Waals surface area contributed by atoms with Crippen LogP contribution in [0, 0.1) is 0 Å². The molecule has 23 heavy (non-hydrogen) atoms. The molecule has 1 saturated heterocycles. The van der Waals surface area contributed by atoms with E-state index >= 15 is 0 Å². The van der Waals surface area contributed by atoms with E-state index in [4.69, 9.17) is 4.74 Å². The molecular formula is C17H23N5O. The third-order valence-corrected chi connectivity index (χ3v) is 4.02. The minimum absolute atomic E-state index is 0.207. The zero-order chi connectivity index (χ0) is 15.9. The predicted octanol–water partition coefficient (Wildman–Crippen LogP) is 3.03. The fourth-order valence-corrected chi connectivity index (χ4v) is 2.77. The fourth-order valence-electron chi connectivity index (χ4n) is 2.77. The summed E-state index contributed by atoms with van der Waals surface area (Å²) in [6.07, 6.45) is 8.39. The summed E-state index contributed by atoms with van der Waals surface area (Å²) in [5.41, 5.74) is 1.20. The van der Waals surface area contributed by atoms with Gasteiger partial charge in [0.1, 0.15) is 18.0 Å². The van der Waals surface area contributed by atoms with Crippen molar-refractivity contribution in [2.24, 2.45) is 0 Å². The van der Waals surface area contributed by atoms with Gasteiger partial charge in [-0.2, -0.15) is 0 Å². The van der Waals surface area contributed by atoms with Crippen molar-refractivity contribution in [2.45, 2.75) is 38.3 Å². The lowest BCUT2D eigenvalue weighted by molar-refractivity contribution is 0.0875. The maximum Gasteiger partial charge on any atom is 0.131 e. The Hall–Kier alpha value is -2.21. The SMILES string of the molecule is CCC(Nc1cc(NC2CCCOC2)ncn1)c1ccncc1. The minimum Gasteiger partial charge on any atom is -0.379 e. The summed E-state index contributed by atoms with van der Waals surface area (Å²) < 4.78 is 5.50. The lowest BCUT2D eigenvalue weighted by Gasteiger charge is -2.24. The summed E-state index contributed by atoms with van der Waals surface area (Å²) in [6.45, 7) is 3.75. The number of hydrogen-bond donors (Lipinski definition) is 2. The van der Waals surface area contributed by atoms with E-state index in [0.717, 1.165) is 44.1 Å². The standard InChI is InChI=1S/C17H23N5O/c1-2-15(13-5-7-18-8-6-13)22-17-10-16(19-12-20-17)21-14-4-3-9-23-11-14/h5-8,10,12,14-15H,2-4,9,11H2,1H3,(H2,19,20,21,22). The Morgan fingerprint density at radius 2 is 2.09 bits per heavy atom. The van der Waals surface area contributed by atoms with Crippen LogP contribution in [-0.4, -0.2) is 34.2 Å². The predicted molar refractivity (Wildman–Crippen MR) is 90.4 cm³/mol. The topological polar surface area (TPSA) is 72.0 Å². The van der Waals surface area contributed by atoms with Gasteiger partial charge in [-0.05, 0) is 37.0 Å². The van der Waals surface area contributed by atoms with Crippen LogP contribution in [0.4, 0.5) is 11.6 Å². The molecule has 1 aliphatic heterocycles. The number of anilines is 2. The second kappa shape index (κ2) is 7.87. The van der Waals surface area contributed by atoms with Crippen LogP contribution in [0.1, 0.15) is 37.8 Å². The highest BCUT2D eigenvalue weighted by molar-refractivity contribution is 5.48. The molecule has 0 aliphatic carbocycles. The van der Waals surface area contributed by atoms with Crippen molar-refractivity contribution in [3.05, 3.63) is 42.5 Å². The number of aromatic nitrogens is 3. The zero-order valence-corrected chi connectivity index (χ0v) is 13.4. The molecule has 2 atom stereocenters. The summed E-state index contributed by atoms with van der Waals surface area (Å²) in [5, 5.41) is 6.90. The number of hydrogen-bond acceptors (Lipinski definition) is 6. The van der Waals surface area contributed by atoms with Crippen LogP contribution in [0.2, 0.25) is 0 Å². The summed E-state index contributed by atoms with van der Waals surface area (Å²) in [7, 11) is 0. The molecule has 2 aromatic rings. The van der Waals surface area contributed by atoms with Crippen LogP contribution in [0.3, 0.4) is 0 Å². The van der Waals surface area contributed by atoms with E-state index in [2.05, 4.69) is 32.5 Å². The third kappa shape index (κ3) is 4.39. The number of ether oxygens (including phenoxy) is 1. The van der Waals surface area contributed by atoms with E-state index in [0.29, 0.717) is 6.04 Å². The molecule has 1 fully saturated rings. The monoisotopic (exact) mass is 313 g/mol. The average molecular weight is 313 g/mol. The molecule has 0 spiro atoms. The van der Waals surface area contributed by atoms with Crippen LogP contribution in [0.5, 0.6) is 0 Å². The van der Waals surface area contributed by atoms with Crippen molar-refractivity contribution in [1.29, 1.82) is 0 Å². The first kappa shape index (κ1) is 15.7. The van der Waals surface area contributed by atoms with Crippen LogP contribution in [0.25, 0.3) is 0 Å². The van der Waals surface area contributed by atoms with Gasteiger partial charge in [0.15, 0.2) is 0 Å². The zero-order valence-electron chi connectivity index (χ0n) is 13.4. The summed E-state index contributed by atoms with van der Waals surface area (Å²) in [5.74, 6) is 1.66. The van der Waals surface area contributed by atoms with Gasteiger partial charge in [-0.3, -0.25) is 4.98 Å². The van der Waals surface area contributed by atoms with E-state index < -0.39 is 0 Å². The number of rotatable bonds is 6. The molecule has 0 radical (unpaired) electrons. The fraction of sp³-hybridized carbons (Fsp3) is 0.471. The van der Waals surface area contributed by atoms with Crippen LogP contribution >= 0.6 is 0 Å². The van der Waals surface area contributed by atoms with Crippen LogP contribution < -0.4 is 10.6 Å². The van der Waals surface area contributed by atoms with Gasteiger partial charge in [-0.15, -0.1) is 0 Å². The van der Waals surface area contributed by atoms with Crippen molar-refractivity contribution >= 4 is 11.6 Å². The van der Waals surface area contributed by atoms with E-state index in [-0.39, 0.29) is 6.04 Å². The first-order chi connectivity index (χ1) is 11.3. The molecule has 3 rings (SSSR count). The Labute approximate surface area is 136 Å². The van der Waals surface area contributed by atoms with Gasteiger partial charge in [0.2, 0.25) is 0 Å². The van der Waals surface area contributed by atoms with Gasteiger partial charge in [0.05, 0.1) is 18.7 Å². The van der Waals surface area contributed by atoms with Crippen molar-refractivity contribution in [3.63, 3.8) is 0 Å². The molecular weight excluding hydrogens is 290 g/mol. The quantitative estimate of drug-likeness (QED) is 0.854. The third-order valence-electron chi connectivity index (χ3n) is 4.02. The van der Waals surface area contributed by atoms with E-state index in [9.17, 15) is 0 Å². The molecule has 2 unspecified atom stereocenters.